The van der Waals surface area contributed by atoms with Gasteiger partial charge in [0.15, 0.2) is 29.7 Å². The summed E-state index contributed by atoms with van der Waals surface area (Å²) in [6.07, 6.45) is -6.46. The molecule has 0 aromatic carbocycles. The number of carboxylic acid groups (broad SMARTS) is 2. The number of aliphatic carboxylic acids is 2. The highest BCUT2D eigenvalue weighted by Gasteiger charge is 2.52. The van der Waals surface area contributed by atoms with E-state index in [0.717, 1.165) is 10.9 Å². The number of H-pyrrole nitrogens is 1. The zero-order chi connectivity index (χ0) is 23.9. The highest BCUT2D eigenvalue weighted by atomic mass is 35.5. The van der Waals surface area contributed by atoms with Gasteiger partial charge in [0.2, 0.25) is 5.28 Å². The Bertz CT molecular complexity index is 1180. The van der Waals surface area contributed by atoms with Gasteiger partial charge in [-0.1, -0.05) is 5.21 Å². The van der Waals surface area contributed by atoms with Gasteiger partial charge in [0.05, 0.1) is 19.4 Å². The quantitative estimate of drug-likeness (QED) is 0.176. The number of rotatable bonds is 8. The fraction of sp³-hybridized carbons (Fsp3) is 0.467. The number of aliphatic hydroxyl groups excluding tert-OH is 1. The number of aromatic amines is 1. The van der Waals surface area contributed by atoms with Gasteiger partial charge in [0.1, 0.15) is 17.7 Å². The molecular weight excluding hydrogens is 473 g/mol. The molecule has 1 aliphatic heterocycles. The van der Waals surface area contributed by atoms with Gasteiger partial charge in [-0.15, -0.1) is 10.2 Å². The molecule has 4 heterocycles. The Labute approximate surface area is 186 Å². The van der Waals surface area contributed by atoms with E-state index in [9.17, 15) is 29.3 Å². The molecule has 4 atom stereocenters. The Kier molecular flexibility index (Phi) is 5.78. The van der Waals surface area contributed by atoms with Crippen LogP contribution in [0.3, 0.4) is 0 Å². The van der Waals surface area contributed by atoms with Crippen molar-refractivity contribution in [2.24, 2.45) is 0 Å². The van der Waals surface area contributed by atoms with E-state index >= 15 is 0 Å². The SMILES string of the molecule is Nc1nc(Cl)nc2c1ncn2[C@@H]1O[C@H](COC(Cc2nn[nH]n2)(C(=O)O)C(=O)O)[C@@H](O)[C@@H]1F. The number of aromatic nitrogens is 8. The summed E-state index contributed by atoms with van der Waals surface area (Å²) in [7, 11) is 0. The van der Waals surface area contributed by atoms with Gasteiger partial charge in [-0.05, 0) is 11.6 Å². The lowest BCUT2D eigenvalue weighted by Gasteiger charge is -2.26. The second-order valence-corrected chi connectivity index (χ2v) is 7.29. The Morgan fingerprint density at radius 3 is 2.73 bits per heavy atom. The summed E-state index contributed by atoms with van der Waals surface area (Å²) in [5.74, 6) is -4.06. The Morgan fingerprint density at radius 1 is 1.36 bits per heavy atom. The second kappa shape index (κ2) is 8.43. The monoisotopic (exact) mass is 487 g/mol. The number of carbonyl (C=O) groups is 2. The van der Waals surface area contributed by atoms with Crippen molar-refractivity contribution in [2.45, 2.75) is 36.6 Å². The predicted molar refractivity (Wildman–Crippen MR) is 101 cm³/mol. The maximum atomic E-state index is 14.9. The molecule has 0 saturated carbocycles. The van der Waals surface area contributed by atoms with Crippen LogP contribution >= 0.6 is 11.6 Å². The summed E-state index contributed by atoms with van der Waals surface area (Å²) < 4.78 is 26.7. The fourth-order valence-electron chi connectivity index (χ4n) is 3.28. The van der Waals surface area contributed by atoms with Crippen molar-refractivity contribution in [1.82, 2.24) is 40.1 Å². The van der Waals surface area contributed by atoms with Crippen LogP contribution < -0.4 is 5.73 Å². The molecule has 18 heteroatoms. The van der Waals surface area contributed by atoms with E-state index in [1.54, 1.807) is 0 Å². The maximum Gasteiger partial charge on any atom is 0.348 e. The highest BCUT2D eigenvalue weighted by molar-refractivity contribution is 6.28. The van der Waals surface area contributed by atoms with E-state index in [0.29, 0.717) is 0 Å². The van der Waals surface area contributed by atoms with Crippen molar-refractivity contribution < 1.29 is 38.8 Å². The van der Waals surface area contributed by atoms with Crippen molar-refractivity contribution in [2.75, 3.05) is 12.3 Å². The van der Waals surface area contributed by atoms with E-state index in [1.165, 1.54) is 0 Å². The van der Waals surface area contributed by atoms with Crippen molar-refractivity contribution in [3.8, 4) is 0 Å². The molecule has 4 rings (SSSR count). The van der Waals surface area contributed by atoms with Crippen LogP contribution in [0.5, 0.6) is 0 Å². The number of nitrogens with zero attached hydrogens (tertiary/aromatic N) is 7. The van der Waals surface area contributed by atoms with Gasteiger partial charge < -0.3 is 30.5 Å². The van der Waals surface area contributed by atoms with Crippen LogP contribution in [0.25, 0.3) is 11.2 Å². The number of imidazole rings is 1. The molecule has 1 aliphatic rings. The van der Waals surface area contributed by atoms with E-state index in [-0.39, 0.29) is 28.1 Å². The topological polar surface area (TPSA) is 237 Å². The largest absolute Gasteiger partial charge is 0.479 e. The average molecular weight is 488 g/mol. The van der Waals surface area contributed by atoms with E-state index < -0.39 is 55.2 Å². The molecule has 6 N–H and O–H groups in total. The maximum absolute atomic E-state index is 14.9. The lowest BCUT2D eigenvalue weighted by molar-refractivity contribution is -0.190. The second-order valence-electron chi connectivity index (χ2n) is 6.96. The first kappa shape index (κ1) is 22.6. The number of anilines is 1. The van der Waals surface area contributed by atoms with Gasteiger partial charge in [0.25, 0.3) is 5.60 Å². The molecule has 3 aromatic rings. The molecule has 0 amide bonds. The molecule has 16 nitrogen and oxygen atoms in total. The average Bonchev–Trinajstić information content (AvgIpc) is 3.46. The van der Waals surface area contributed by atoms with Crippen molar-refractivity contribution >= 4 is 40.5 Å². The Balaban J connectivity index is 1.57. The van der Waals surface area contributed by atoms with Gasteiger partial charge in [-0.2, -0.15) is 15.2 Å². The summed E-state index contributed by atoms with van der Waals surface area (Å²) in [5.41, 5.74) is 3.01. The fourth-order valence-corrected chi connectivity index (χ4v) is 3.45. The van der Waals surface area contributed by atoms with Gasteiger partial charge in [-0.25, -0.2) is 19.0 Å². The van der Waals surface area contributed by atoms with Crippen molar-refractivity contribution in [1.29, 1.82) is 0 Å². The van der Waals surface area contributed by atoms with Gasteiger partial charge in [0, 0.05) is 0 Å². The van der Waals surface area contributed by atoms with E-state index in [1.807, 2.05) is 0 Å². The number of nitrogens with one attached hydrogen (secondary N) is 1. The van der Waals surface area contributed by atoms with Crippen LogP contribution in [0.2, 0.25) is 5.28 Å². The standard InChI is InChI=1S/C15H15ClFN9O7/c16-14-20-9(18)7-10(21-14)26(3-19-7)11-6(17)8(27)4(33-11)2-32-15(12(28)29,13(30)31)1-5-22-24-25-23-5/h3-4,6,8,11,27H,1-2H2,(H,28,29)(H,30,31)(H2,18,20,21)(H,22,23,24,25)/t4-,6+,8-,11-/m1/s1. The van der Waals surface area contributed by atoms with Crippen LogP contribution in [0.4, 0.5) is 10.2 Å². The third-order valence-electron chi connectivity index (χ3n) is 4.97. The van der Waals surface area contributed by atoms with E-state index in [2.05, 4.69) is 35.6 Å². The van der Waals surface area contributed by atoms with Crippen LogP contribution in [0.15, 0.2) is 6.33 Å². The number of ether oxygens (including phenoxy) is 2. The number of fused-ring (bicyclic) bond motifs is 1. The zero-order valence-corrected chi connectivity index (χ0v) is 17.0. The number of hydrogen-bond donors (Lipinski definition) is 5. The first-order chi connectivity index (χ1) is 15.6. The molecule has 0 unspecified atom stereocenters. The predicted octanol–water partition coefficient (Wildman–Crippen LogP) is -1.66. The number of tetrazole rings is 1. The first-order valence-corrected chi connectivity index (χ1v) is 9.48. The minimum atomic E-state index is -2.85. The molecule has 0 bridgehead atoms. The van der Waals surface area contributed by atoms with Gasteiger partial charge >= 0.3 is 11.9 Å². The number of carboxylic acids is 2. The molecule has 0 radical (unpaired) electrons. The minimum Gasteiger partial charge on any atom is -0.479 e. The summed E-state index contributed by atoms with van der Waals surface area (Å²) in [6, 6.07) is 0. The third-order valence-corrected chi connectivity index (χ3v) is 5.14. The highest BCUT2D eigenvalue weighted by Crippen LogP contribution is 2.35. The molecule has 33 heavy (non-hydrogen) atoms. The number of alkyl halides is 1. The number of nitrogen functional groups attached to an aromatic ring is 1. The smallest absolute Gasteiger partial charge is 0.348 e. The number of nitrogens with two attached hydrogens (primary N) is 1. The lowest BCUT2D eigenvalue weighted by atomic mass is 9.99. The molecule has 176 valence electrons. The molecule has 1 fully saturated rings. The molecule has 0 spiro atoms. The van der Waals surface area contributed by atoms with Crippen molar-refractivity contribution in [3.05, 3.63) is 17.4 Å². The number of halogens is 2. The molecule has 3 aromatic heterocycles. The first-order valence-electron chi connectivity index (χ1n) is 9.10. The zero-order valence-electron chi connectivity index (χ0n) is 16.2. The lowest BCUT2D eigenvalue weighted by Crippen LogP contribution is -2.53. The number of hydrogen-bond acceptors (Lipinski definition) is 12. The minimum absolute atomic E-state index is 0.0245. The normalized spacial score (nSPS) is 23.2. The summed E-state index contributed by atoms with van der Waals surface area (Å²) >= 11 is 5.80. The van der Waals surface area contributed by atoms with Crippen LogP contribution in [0, 0.1) is 0 Å². The third kappa shape index (κ3) is 3.90. The Morgan fingerprint density at radius 2 is 2.09 bits per heavy atom. The summed E-state index contributed by atoms with van der Waals surface area (Å²) in [4.78, 5) is 35.2. The summed E-state index contributed by atoms with van der Waals surface area (Å²) in [6.45, 7) is -0.807. The van der Waals surface area contributed by atoms with Gasteiger partial charge in [-0.3, -0.25) is 4.57 Å². The molecule has 1 saturated heterocycles. The molecular formula is C15H15ClFN9O7. The number of aliphatic hydroxyl groups is 1. The van der Waals surface area contributed by atoms with Crippen LogP contribution in [-0.4, -0.2) is 98.0 Å². The van der Waals surface area contributed by atoms with Crippen LogP contribution in [0.1, 0.15) is 12.1 Å². The van der Waals surface area contributed by atoms with Crippen molar-refractivity contribution in [3.63, 3.8) is 0 Å². The summed E-state index contributed by atoms with van der Waals surface area (Å²) in [5, 5.41) is 41.5. The van der Waals surface area contributed by atoms with E-state index in [4.69, 9.17) is 26.8 Å². The Hall–Kier alpha value is -3.54. The van der Waals surface area contributed by atoms with Crippen LogP contribution in [-0.2, 0) is 25.5 Å². The molecule has 0 aliphatic carbocycles.